The summed E-state index contributed by atoms with van der Waals surface area (Å²) in [6.45, 7) is 5.73. The SMILES string of the molecule is Cc1cc(C)cc(-n2ccnc2SC(C)C(=O)Nc2cc(F)ccc2F)c1. The first-order chi connectivity index (χ1) is 12.8. The molecule has 1 aromatic heterocycles. The molecule has 0 bridgehead atoms. The third kappa shape index (κ3) is 4.54. The molecule has 0 aliphatic heterocycles. The molecule has 4 nitrogen and oxygen atoms in total. The molecule has 0 aliphatic rings. The summed E-state index contributed by atoms with van der Waals surface area (Å²) in [6.07, 6.45) is 3.49. The van der Waals surface area contributed by atoms with Crippen LogP contribution in [0.2, 0.25) is 0 Å². The van der Waals surface area contributed by atoms with Crippen LogP contribution in [-0.2, 0) is 4.79 Å². The maximum Gasteiger partial charge on any atom is 0.237 e. The molecule has 0 radical (unpaired) electrons. The van der Waals surface area contributed by atoms with E-state index in [-0.39, 0.29) is 5.69 Å². The number of carbonyl (C=O) groups is 1. The van der Waals surface area contributed by atoms with E-state index in [1.165, 1.54) is 11.8 Å². The van der Waals surface area contributed by atoms with Gasteiger partial charge in [0.2, 0.25) is 5.91 Å². The van der Waals surface area contributed by atoms with Gasteiger partial charge < -0.3 is 5.32 Å². The van der Waals surface area contributed by atoms with Gasteiger partial charge in [0.1, 0.15) is 11.6 Å². The predicted molar refractivity (Wildman–Crippen MR) is 103 cm³/mol. The summed E-state index contributed by atoms with van der Waals surface area (Å²) in [6, 6.07) is 9.09. The molecular formula is C20H19F2N3OS. The van der Waals surface area contributed by atoms with E-state index in [0.29, 0.717) is 5.16 Å². The van der Waals surface area contributed by atoms with E-state index in [0.717, 1.165) is 35.0 Å². The Labute approximate surface area is 160 Å². The lowest BCUT2D eigenvalue weighted by atomic mass is 10.1. The summed E-state index contributed by atoms with van der Waals surface area (Å²) in [7, 11) is 0. The van der Waals surface area contributed by atoms with Crippen LogP contribution < -0.4 is 5.32 Å². The molecule has 3 aromatic rings. The highest BCUT2D eigenvalue weighted by molar-refractivity contribution is 8.00. The second-order valence-electron chi connectivity index (χ2n) is 6.30. The zero-order valence-corrected chi connectivity index (χ0v) is 16.0. The number of anilines is 1. The topological polar surface area (TPSA) is 46.9 Å². The van der Waals surface area contributed by atoms with Gasteiger partial charge in [-0.2, -0.15) is 0 Å². The van der Waals surface area contributed by atoms with Crippen molar-refractivity contribution < 1.29 is 13.6 Å². The van der Waals surface area contributed by atoms with Crippen LogP contribution >= 0.6 is 11.8 Å². The van der Waals surface area contributed by atoms with E-state index >= 15 is 0 Å². The number of aryl methyl sites for hydroxylation is 2. The lowest BCUT2D eigenvalue weighted by Crippen LogP contribution is -2.23. The van der Waals surface area contributed by atoms with Gasteiger partial charge in [-0.1, -0.05) is 17.8 Å². The Morgan fingerprint density at radius 3 is 2.56 bits per heavy atom. The molecule has 2 aromatic carbocycles. The van der Waals surface area contributed by atoms with Crippen molar-refractivity contribution in [2.24, 2.45) is 0 Å². The van der Waals surface area contributed by atoms with Gasteiger partial charge in [0, 0.05) is 24.1 Å². The van der Waals surface area contributed by atoms with Crippen LogP contribution in [0.5, 0.6) is 0 Å². The Balaban J connectivity index is 1.77. The number of nitrogens with one attached hydrogen (secondary N) is 1. The number of hydrogen-bond acceptors (Lipinski definition) is 3. The summed E-state index contributed by atoms with van der Waals surface area (Å²) in [5.41, 5.74) is 3.03. The second kappa shape index (κ2) is 7.92. The fourth-order valence-corrected chi connectivity index (χ4v) is 3.59. The number of aromatic nitrogens is 2. The van der Waals surface area contributed by atoms with Crippen LogP contribution in [0.25, 0.3) is 5.69 Å². The van der Waals surface area contributed by atoms with Gasteiger partial charge in [0.05, 0.1) is 10.9 Å². The first-order valence-corrected chi connectivity index (χ1v) is 9.26. The Hall–Kier alpha value is -2.67. The molecule has 7 heteroatoms. The molecule has 1 N–H and O–H groups in total. The summed E-state index contributed by atoms with van der Waals surface area (Å²) in [5.74, 6) is -1.73. The Bertz CT molecular complexity index is 967. The summed E-state index contributed by atoms with van der Waals surface area (Å²) >= 11 is 1.24. The Morgan fingerprint density at radius 1 is 1.15 bits per heavy atom. The van der Waals surface area contributed by atoms with E-state index in [1.807, 2.05) is 36.7 Å². The van der Waals surface area contributed by atoms with Gasteiger partial charge in [-0.3, -0.25) is 9.36 Å². The number of amides is 1. The average Bonchev–Trinajstić information content (AvgIpc) is 3.05. The number of thioether (sulfide) groups is 1. The van der Waals surface area contributed by atoms with Crippen molar-refractivity contribution in [3.05, 3.63) is 71.6 Å². The number of nitrogens with zero attached hydrogens (tertiary/aromatic N) is 2. The molecule has 3 rings (SSSR count). The normalized spacial score (nSPS) is 12.0. The third-order valence-electron chi connectivity index (χ3n) is 3.93. The molecule has 0 spiro atoms. The molecule has 0 saturated heterocycles. The van der Waals surface area contributed by atoms with Crippen molar-refractivity contribution in [1.29, 1.82) is 0 Å². The maximum atomic E-state index is 13.7. The van der Waals surface area contributed by atoms with E-state index in [2.05, 4.69) is 16.4 Å². The van der Waals surface area contributed by atoms with Crippen LogP contribution in [0, 0.1) is 25.5 Å². The molecule has 1 heterocycles. The highest BCUT2D eigenvalue weighted by Gasteiger charge is 2.19. The van der Waals surface area contributed by atoms with Crippen molar-refractivity contribution in [2.45, 2.75) is 31.2 Å². The monoisotopic (exact) mass is 387 g/mol. The van der Waals surface area contributed by atoms with Crippen LogP contribution in [-0.4, -0.2) is 20.7 Å². The van der Waals surface area contributed by atoms with Crippen molar-refractivity contribution >= 4 is 23.4 Å². The van der Waals surface area contributed by atoms with Crippen LogP contribution in [0.15, 0.2) is 53.9 Å². The minimum Gasteiger partial charge on any atom is -0.323 e. The minimum absolute atomic E-state index is 0.176. The molecule has 1 atom stereocenters. The number of hydrogen-bond donors (Lipinski definition) is 1. The van der Waals surface area contributed by atoms with Crippen LogP contribution in [0.1, 0.15) is 18.1 Å². The predicted octanol–water partition coefficient (Wildman–Crippen LogP) is 4.89. The summed E-state index contributed by atoms with van der Waals surface area (Å²) in [5, 5.41) is 2.51. The average molecular weight is 387 g/mol. The van der Waals surface area contributed by atoms with Gasteiger partial charge in [0.15, 0.2) is 5.16 Å². The van der Waals surface area contributed by atoms with Gasteiger partial charge in [-0.25, -0.2) is 13.8 Å². The van der Waals surface area contributed by atoms with Crippen molar-refractivity contribution in [3.8, 4) is 5.69 Å². The fourth-order valence-electron chi connectivity index (χ4n) is 2.70. The highest BCUT2D eigenvalue weighted by atomic mass is 32.2. The largest absolute Gasteiger partial charge is 0.323 e. The van der Waals surface area contributed by atoms with Gasteiger partial charge >= 0.3 is 0 Å². The van der Waals surface area contributed by atoms with Crippen LogP contribution in [0.4, 0.5) is 14.5 Å². The number of carbonyl (C=O) groups excluding carboxylic acids is 1. The standard InChI is InChI=1S/C20H19F2N3OS/c1-12-8-13(2)10-16(9-12)25-7-6-23-20(25)27-14(3)19(26)24-18-11-15(21)4-5-17(18)22/h4-11,14H,1-3H3,(H,24,26). The molecule has 0 aliphatic carbocycles. The number of benzene rings is 2. The lowest BCUT2D eigenvalue weighted by molar-refractivity contribution is -0.115. The van der Waals surface area contributed by atoms with E-state index in [1.54, 1.807) is 13.1 Å². The zero-order valence-electron chi connectivity index (χ0n) is 15.2. The van der Waals surface area contributed by atoms with Crippen molar-refractivity contribution in [3.63, 3.8) is 0 Å². The minimum atomic E-state index is -0.682. The molecule has 1 unspecified atom stereocenters. The first kappa shape index (κ1) is 19.1. The molecular weight excluding hydrogens is 368 g/mol. The number of imidazole rings is 1. The van der Waals surface area contributed by atoms with Gasteiger partial charge in [-0.15, -0.1) is 0 Å². The maximum absolute atomic E-state index is 13.7. The highest BCUT2D eigenvalue weighted by Crippen LogP contribution is 2.27. The zero-order chi connectivity index (χ0) is 19.6. The summed E-state index contributed by atoms with van der Waals surface area (Å²) in [4.78, 5) is 16.7. The summed E-state index contributed by atoms with van der Waals surface area (Å²) < 4.78 is 28.9. The van der Waals surface area contributed by atoms with Crippen molar-refractivity contribution in [2.75, 3.05) is 5.32 Å². The Kier molecular flexibility index (Phi) is 5.60. The van der Waals surface area contributed by atoms with Crippen molar-refractivity contribution in [1.82, 2.24) is 9.55 Å². The molecule has 27 heavy (non-hydrogen) atoms. The second-order valence-corrected chi connectivity index (χ2v) is 7.61. The molecule has 0 saturated carbocycles. The van der Waals surface area contributed by atoms with E-state index < -0.39 is 22.8 Å². The molecule has 1 amide bonds. The lowest BCUT2D eigenvalue weighted by Gasteiger charge is -2.14. The fraction of sp³-hybridized carbons (Fsp3) is 0.200. The van der Waals surface area contributed by atoms with E-state index in [4.69, 9.17) is 0 Å². The number of halogens is 2. The third-order valence-corrected chi connectivity index (χ3v) is 5.01. The number of rotatable bonds is 5. The quantitative estimate of drug-likeness (QED) is 0.634. The van der Waals surface area contributed by atoms with Gasteiger partial charge in [-0.05, 0) is 56.2 Å². The van der Waals surface area contributed by atoms with Gasteiger partial charge in [0.25, 0.3) is 0 Å². The van der Waals surface area contributed by atoms with Crippen LogP contribution in [0.3, 0.4) is 0 Å². The first-order valence-electron chi connectivity index (χ1n) is 8.38. The Morgan fingerprint density at radius 2 is 1.85 bits per heavy atom. The molecule has 0 fully saturated rings. The van der Waals surface area contributed by atoms with E-state index in [9.17, 15) is 13.6 Å². The smallest absolute Gasteiger partial charge is 0.237 e. The molecule has 140 valence electrons.